The van der Waals surface area contributed by atoms with Gasteiger partial charge in [0.25, 0.3) is 0 Å². The molecule has 20 heavy (non-hydrogen) atoms. The number of alkyl halides is 3. The molecule has 3 nitrogen and oxygen atoms in total. The lowest BCUT2D eigenvalue weighted by Crippen LogP contribution is -2.27. The first-order valence-electron chi connectivity index (χ1n) is 6.57. The van der Waals surface area contributed by atoms with Crippen molar-refractivity contribution in [2.24, 2.45) is 0 Å². The highest BCUT2D eigenvalue weighted by Gasteiger charge is 2.28. The van der Waals surface area contributed by atoms with Gasteiger partial charge in [0.2, 0.25) is 0 Å². The fraction of sp³-hybridized carbons (Fsp3) is 0.571. The highest BCUT2D eigenvalue weighted by molar-refractivity contribution is 5.29. The lowest BCUT2D eigenvalue weighted by Gasteiger charge is -2.19. The predicted octanol–water partition coefficient (Wildman–Crippen LogP) is 3.31. The molecule has 0 amide bonds. The molecule has 1 unspecified atom stereocenters. The second-order valence-corrected chi connectivity index (χ2v) is 4.24. The van der Waals surface area contributed by atoms with Crippen molar-refractivity contribution in [1.29, 1.82) is 0 Å². The average Bonchev–Trinajstić information content (AvgIpc) is 2.38. The Hall–Kier alpha value is -1.27. The van der Waals surface area contributed by atoms with Gasteiger partial charge in [0.15, 0.2) is 0 Å². The Bertz CT molecular complexity index is 379. The van der Waals surface area contributed by atoms with E-state index in [4.69, 9.17) is 9.47 Å². The zero-order valence-corrected chi connectivity index (χ0v) is 11.7. The Morgan fingerprint density at radius 1 is 1.15 bits per heavy atom. The molecule has 0 heterocycles. The summed E-state index contributed by atoms with van der Waals surface area (Å²) in [4.78, 5) is 0. The van der Waals surface area contributed by atoms with Gasteiger partial charge in [-0.2, -0.15) is 13.2 Å². The van der Waals surface area contributed by atoms with E-state index in [1.165, 1.54) is 0 Å². The van der Waals surface area contributed by atoms with Gasteiger partial charge >= 0.3 is 6.18 Å². The van der Waals surface area contributed by atoms with Gasteiger partial charge in [0.05, 0.1) is 19.3 Å². The molecule has 0 radical (unpaired) electrons. The summed E-state index contributed by atoms with van der Waals surface area (Å²) in [5, 5.41) is 3.10. The highest BCUT2D eigenvalue weighted by atomic mass is 19.4. The maximum absolute atomic E-state index is 12.1. The summed E-state index contributed by atoms with van der Waals surface area (Å²) in [6, 6.07) is 6.99. The number of rotatable bonds is 8. The van der Waals surface area contributed by atoms with Crippen molar-refractivity contribution < 1.29 is 22.6 Å². The van der Waals surface area contributed by atoms with Crippen molar-refractivity contribution in [3.8, 4) is 5.75 Å². The minimum Gasteiger partial charge on any atom is -0.494 e. The van der Waals surface area contributed by atoms with Crippen molar-refractivity contribution in [3.63, 3.8) is 0 Å². The van der Waals surface area contributed by atoms with Crippen LogP contribution in [0.5, 0.6) is 5.75 Å². The van der Waals surface area contributed by atoms with Crippen molar-refractivity contribution in [2.45, 2.75) is 26.1 Å². The summed E-state index contributed by atoms with van der Waals surface area (Å²) in [5.41, 5.74) is 0.873. The Morgan fingerprint density at radius 2 is 1.80 bits per heavy atom. The Balaban J connectivity index is 2.60. The highest BCUT2D eigenvalue weighted by Crippen LogP contribution is 2.20. The van der Waals surface area contributed by atoms with Gasteiger partial charge in [-0.15, -0.1) is 0 Å². The number of ether oxygens (including phenoxy) is 2. The van der Waals surface area contributed by atoms with Crippen LogP contribution < -0.4 is 10.1 Å². The van der Waals surface area contributed by atoms with E-state index in [1.807, 2.05) is 26.0 Å². The smallest absolute Gasteiger partial charge is 0.411 e. The van der Waals surface area contributed by atoms with E-state index < -0.39 is 12.8 Å². The van der Waals surface area contributed by atoms with Gasteiger partial charge in [-0.3, -0.25) is 0 Å². The molecular weight excluding hydrogens is 271 g/mol. The van der Waals surface area contributed by atoms with Gasteiger partial charge in [-0.25, -0.2) is 0 Å². The molecule has 114 valence electrons. The molecule has 0 aromatic heterocycles. The van der Waals surface area contributed by atoms with Crippen LogP contribution in [0.1, 0.15) is 25.5 Å². The van der Waals surface area contributed by atoms with Gasteiger partial charge in [0.1, 0.15) is 12.4 Å². The van der Waals surface area contributed by atoms with Crippen LogP contribution in [0.4, 0.5) is 13.2 Å². The van der Waals surface area contributed by atoms with Crippen LogP contribution in [0.3, 0.4) is 0 Å². The molecule has 0 spiro atoms. The molecule has 0 fully saturated rings. The molecule has 0 aliphatic heterocycles. The van der Waals surface area contributed by atoms with E-state index in [-0.39, 0.29) is 12.6 Å². The predicted molar refractivity (Wildman–Crippen MR) is 70.9 cm³/mol. The number of halogens is 3. The number of hydrogen-bond donors (Lipinski definition) is 1. The Labute approximate surface area is 117 Å². The molecular formula is C14H20F3NO2. The molecule has 1 aromatic carbocycles. The maximum atomic E-state index is 12.1. The van der Waals surface area contributed by atoms with Crippen LogP contribution in [-0.4, -0.2) is 32.5 Å². The van der Waals surface area contributed by atoms with Crippen molar-refractivity contribution >= 4 is 0 Å². The zero-order valence-electron chi connectivity index (χ0n) is 11.7. The van der Waals surface area contributed by atoms with E-state index in [1.54, 1.807) is 12.1 Å². The van der Waals surface area contributed by atoms with Gasteiger partial charge in [-0.05, 0) is 31.2 Å². The van der Waals surface area contributed by atoms with Crippen LogP contribution in [0.15, 0.2) is 24.3 Å². The van der Waals surface area contributed by atoms with E-state index in [0.29, 0.717) is 13.2 Å². The first kappa shape index (κ1) is 16.8. The summed E-state index contributed by atoms with van der Waals surface area (Å²) in [6.45, 7) is 3.75. The van der Waals surface area contributed by atoms with E-state index >= 15 is 0 Å². The normalized spacial score (nSPS) is 13.2. The molecule has 0 bridgehead atoms. The molecule has 0 saturated carbocycles. The first-order chi connectivity index (χ1) is 9.46. The fourth-order valence-corrected chi connectivity index (χ4v) is 1.77. The third-order valence-corrected chi connectivity index (χ3v) is 2.59. The van der Waals surface area contributed by atoms with Crippen molar-refractivity contribution in [3.05, 3.63) is 29.8 Å². The molecule has 0 aliphatic rings. The topological polar surface area (TPSA) is 30.5 Å². The SMILES string of the molecule is CCNC(COCC(F)(F)F)c1ccc(OCC)cc1. The lowest BCUT2D eigenvalue weighted by atomic mass is 10.1. The lowest BCUT2D eigenvalue weighted by molar-refractivity contribution is -0.175. The first-order valence-corrected chi connectivity index (χ1v) is 6.57. The zero-order chi connectivity index (χ0) is 15.0. The van der Waals surface area contributed by atoms with Crippen LogP contribution in [-0.2, 0) is 4.74 Å². The second kappa shape index (κ2) is 8.11. The summed E-state index contributed by atoms with van der Waals surface area (Å²) >= 11 is 0. The molecule has 1 N–H and O–H groups in total. The molecule has 0 saturated heterocycles. The minimum absolute atomic E-state index is 0.0265. The van der Waals surface area contributed by atoms with E-state index in [0.717, 1.165) is 11.3 Å². The van der Waals surface area contributed by atoms with Gasteiger partial charge < -0.3 is 14.8 Å². The molecule has 6 heteroatoms. The van der Waals surface area contributed by atoms with E-state index in [2.05, 4.69) is 5.32 Å². The van der Waals surface area contributed by atoms with Gasteiger partial charge in [-0.1, -0.05) is 19.1 Å². The molecule has 0 aliphatic carbocycles. The molecule has 1 rings (SSSR count). The van der Waals surface area contributed by atoms with Crippen LogP contribution in [0.25, 0.3) is 0 Å². The molecule has 1 aromatic rings. The summed E-state index contributed by atoms with van der Waals surface area (Å²) in [7, 11) is 0. The van der Waals surface area contributed by atoms with Gasteiger partial charge in [0, 0.05) is 0 Å². The third-order valence-electron chi connectivity index (χ3n) is 2.59. The number of hydrogen-bond acceptors (Lipinski definition) is 3. The maximum Gasteiger partial charge on any atom is 0.411 e. The average molecular weight is 291 g/mol. The third kappa shape index (κ3) is 6.25. The number of likely N-dealkylation sites (N-methyl/N-ethyl adjacent to an activating group) is 1. The standard InChI is InChI=1S/C14H20F3NO2/c1-3-18-13(9-19-10-14(15,16)17)11-5-7-12(8-6-11)20-4-2/h5-8,13,18H,3-4,9-10H2,1-2H3. The van der Waals surface area contributed by atoms with Crippen molar-refractivity contribution in [2.75, 3.05) is 26.4 Å². The van der Waals surface area contributed by atoms with E-state index in [9.17, 15) is 13.2 Å². The monoisotopic (exact) mass is 291 g/mol. The molecule has 1 atom stereocenters. The summed E-state index contributed by atoms with van der Waals surface area (Å²) in [5.74, 6) is 0.739. The summed E-state index contributed by atoms with van der Waals surface area (Å²) in [6.07, 6.45) is -4.30. The minimum atomic E-state index is -4.30. The second-order valence-electron chi connectivity index (χ2n) is 4.24. The van der Waals surface area contributed by atoms with Crippen LogP contribution >= 0.6 is 0 Å². The van der Waals surface area contributed by atoms with Crippen LogP contribution in [0, 0.1) is 0 Å². The fourth-order valence-electron chi connectivity index (χ4n) is 1.77. The van der Waals surface area contributed by atoms with Crippen molar-refractivity contribution in [1.82, 2.24) is 5.32 Å². The van der Waals surface area contributed by atoms with Crippen LogP contribution in [0.2, 0.25) is 0 Å². The Kier molecular flexibility index (Phi) is 6.81. The largest absolute Gasteiger partial charge is 0.494 e. The quantitative estimate of drug-likeness (QED) is 0.797. The number of nitrogens with one attached hydrogen (secondary N) is 1. The number of benzene rings is 1. The summed E-state index contributed by atoms with van der Waals surface area (Å²) < 4.78 is 46.3. The Morgan fingerprint density at radius 3 is 2.30 bits per heavy atom.